The molecule has 0 unspecified atom stereocenters. The van der Waals surface area contributed by atoms with Crippen LogP contribution in [-0.2, 0) is 4.74 Å². The predicted octanol–water partition coefficient (Wildman–Crippen LogP) is 1.92. The third kappa shape index (κ3) is 1.55. The Morgan fingerprint density at radius 3 is 2.93 bits per heavy atom. The molecule has 0 bridgehead atoms. The summed E-state index contributed by atoms with van der Waals surface area (Å²) in [5.74, 6) is -0.261. The molecule has 0 aromatic heterocycles. The lowest BCUT2D eigenvalue weighted by Gasteiger charge is -2.08. The number of nitrogens with one attached hydrogen (secondary N) is 1. The molecule has 1 heterocycles. The largest absolute Gasteiger partial charge is 0.447 e. The van der Waals surface area contributed by atoms with Gasteiger partial charge in [-0.15, -0.1) is 0 Å². The zero-order valence-electron chi connectivity index (χ0n) is 7.71. The molecule has 2 rings (SSSR count). The van der Waals surface area contributed by atoms with Crippen molar-refractivity contribution >= 4 is 6.09 Å². The Labute approximate surface area is 80.9 Å². The summed E-state index contributed by atoms with van der Waals surface area (Å²) in [5.41, 5.74) is 1.33. The molecule has 1 aromatic carbocycles. The molecule has 1 atom stereocenters. The first-order valence-electron chi connectivity index (χ1n) is 4.36. The molecule has 0 spiro atoms. The number of alkyl carbamates (subject to hydrolysis) is 1. The van der Waals surface area contributed by atoms with Crippen LogP contribution in [0.5, 0.6) is 0 Å². The molecule has 1 amide bonds. The molecule has 3 nitrogen and oxygen atoms in total. The molecule has 1 N–H and O–H groups in total. The average molecular weight is 195 g/mol. The molecule has 0 aliphatic carbocycles. The highest BCUT2D eigenvalue weighted by molar-refractivity contribution is 5.70. The number of carbonyl (C=O) groups excluding carboxylic acids is 1. The minimum absolute atomic E-state index is 0.224. The quantitative estimate of drug-likeness (QED) is 0.743. The summed E-state index contributed by atoms with van der Waals surface area (Å²) < 4.78 is 17.9. The van der Waals surface area contributed by atoms with Crippen molar-refractivity contribution in [1.82, 2.24) is 5.32 Å². The number of carbonyl (C=O) groups is 1. The van der Waals surface area contributed by atoms with Crippen LogP contribution in [0.2, 0.25) is 0 Å². The summed E-state index contributed by atoms with van der Waals surface area (Å²) in [6.07, 6.45) is -0.448. The van der Waals surface area contributed by atoms with Gasteiger partial charge in [0, 0.05) is 0 Å². The van der Waals surface area contributed by atoms with E-state index in [1.807, 2.05) is 0 Å². The Morgan fingerprint density at radius 2 is 2.36 bits per heavy atom. The highest BCUT2D eigenvalue weighted by Crippen LogP contribution is 2.20. The van der Waals surface area contributed by atoms with Crippen LogP contribution in [0.25, 0.3) is 0 Å². The van der Waals surface area contributed by atoms with Crippen LogP contribution in [0.3, 0.4) is 0 Å². The van der Waals surface area contributed by atoms with Crippen molar-refractivity contribution in [2.45, 2.75) is 13.0 Å². The van der Waals surface area contributed by atoms with E-state index in [1.54, 1.807) is 19.1 Å². The highest BCUT2D eigenvalue weighted by Gasteiger charge is 2.23. The van der Waals surface area contributed by atoms with Gasteiger partial charge in [0.05, 0.1) is 6.04 Å². The first-order valence-corrected chi connectivity index (χ1v) is 4.36. The Kier molecular flexibility index (Phi) is 2.11. The fourth-order valence-corrected chi connectivity index (χ4v) is 1.39. The van der Waals surface area contributed by atoms with Gasteiger partial charge in [-0.1, -0.05) is 12.1 Å². The number of rotatable bonds is 1. The van der Waals surface area contributed by atoms with Crippen molar-refractivity contribution in [3.63, 3.8) is 0 Å². The number of cyclic esters (lactones) is 1. The summed E-state index contributed by atoms with van der Waals surface area (Å²) >= 11 is 0. The molecule has 14 heavy (non-hydrogen) atoms. The van der Waals surface area contributed by atoms with E-state index in [2.05, 4.69) is 5.32 Å². The fourth-order valence-electron chi connectivity index (χ4n) is 1.39. The van der Waals surface area contributed by atoms with Crippen molar-refractivity contribution in [2.24, 2.45) is 0 Å². The van der Waals surface area contributed by atoms with E-state index in [0.717, 1.165) is 5.56 Å². The molecule has 1 saturated heterocycles. The minimum Gasteiger partial charge on any atom is -0.447 e. The van der Waals surface area contributed by atoms with Gasteiger partial charge in [0.15, 0.2) is 0 Å². The molecule has 0 radical (unpaired) electrons. The maximum Gasteiger partial charge on any atom is 0.407 e. The second kappa shape index (κ2) is 3.29. The van der Waals surface area contributed by atoms with E-state index in [1.165, 1.54) is 6.07 Å². The molecule has 4 heteroatoms. The molecule has 1 aliphatic rings. The zero-order chi connectivity index (χ0) is 10.1. The number of aryl methyl sites for hydroxylation is 1. The monoisotopic (exact) mass is 195 g/mol. The third-order valence-corrected chi connectivity index (χ3v) is 2.27. The van der Waals surface area contributed by atoms with Gasteiger partial charge in [-0.3, -0.25) is 0 Å². The van der Waals surface area contributed by atoms with Crippen LogP contribution in [-0.4, -0.2) is 12.7 Å². The van der Waals surface area contributed by atoms with Gasteiger partial charge >= 0.3 is 6.09 Å². The number of halogens is 1. The Balaban J connectivity index is 2.24. The van der Waals surface area contributed by atoms with Gasteiger partial charge in [0.25, 0.3) is 0 Å². The molecule has 1 aliphatic heterocycles. The topological polar surface area (TPSA) is 38.3 Å². The molecular weight excluding hydrogens is 185 g/mol. The maximum atomic E-state index is 13.2. The predicted molar refractivity (Wildman–Crippen MR) is 48.4 cm³/mol. The lowest BCUT2D eigenvalue weighted by Crippen LogP contribution is -2.18. The smallest absolute Gasteiger partial charge is 0.407 e. The molecular formula is C10H10FNO2. The van der Waals surface area contributed by atoms with E-state index in [-0.39, 0.29) is 18.5 Å². The van der Waals surface area contributed by atoms with E-state index in [9.17, 15) is 9.18 Å². The van der Waals surface area contributed by atoms with Crippen LogP contribution in [0, 0.1) is 12.7 Å². The van der Waals surface area contributed by atoms with E-state index >= 15 is 0 Å². The zero-order valence-corrected chi connectivity index (χ0v) is 7.71. The molecule has 74 valence electrons. The number of hydrogen-bond donors (Lipinski definition) is 1. The molecule has 1 fully saturated rings. The first kappa shape index (κ1) is 8.99. The van der Waals surface area contributed by atoms with Crippen LogP contribution >= 0.6 is 0 Å². The summed E-state index contributed by atoms with van der Waals surface area (Å²) in [6.45, 7) is 1.96. The van der Waals surface area contributed by atoms with Crippen LogP contribution in [0.4, 0.5) is 9.18 Å². The Bertz CT molecular complexity index is 378. The lowest BCUT2D eigenvalue weighted by atomic mass is 10.1. The van der Waals surface area contributed by atoms with Crippen LogP contribution in [0.1, 0.15) is 17.2 Å². The van der Waals surface area contributed by atoms with Gasteiger partial charge in [-0.2, -0.15) is 0 Å². The van der Waals surface area contributed by atoms with Crippen molar-refractivity contribution in [1.29, 1.82) is 0 Å². The Hall–Kier alpha value is -1.58. The summed E-state index contributed by atoms with van der Waals surface area (Å²) in [4.78, 5) is 10.8. The normalized spacial score (nSPS) is 20.4. The standard InChI is InChI=1S/C10H10FNO2/c1-6-2-3-7(4-8(6)11)9-5-14-10(13)12-9/h2-4,9H,5H2,1H3,(H,12,13)/t9-/m1/s1. The van der Waals surface area contributed by atoms with Crippen molar-refractivity contribution in [3.05, 3.63) is 35.1 Å². The minimum atomic E-state index is -0.448. The number of ether oxygens (including phenoxy) is 1. The van der Waals surface area contributed by atoms with Gasteiger partial charge < -0.3 is 10.1 Å². The van der Waals surface area contributed by atoms with Crippen molar-refractivity contribution in [2.75, 3.05) is 6.61 Å². The van der Waals surface area contributed by atoms with Crippen molar-refractivity contribution < 1.29 is 13.9 Å². The van der Waals surface area contributed by atoms with E-state index in [0.29, 0.717) is 5.56 Å². The number of hydrogen-bond acceptors (Lipinski definition) is 2. The van der Waals surface area contributed by atoms with E-state index in [4.69, 9.17) is 4.74 Å². The second-order valence-corrected chi connectivity index (χ2v) is 3.30. The fraction of sp³-hybridized carbons (Fsp3) is 0.300. The SMILES string of the molecule is Cc1ccc([C@H]2COC(=O)N2)cc1F. The van der Waals surface area contributed by atoms with Gasteiger partial charge in [0.1, 0.15) is 12.4 Å². The van der Waals surface area contributed by atoms with Gasteiger partial charge in [-0.05, 0) is 24.1 Å². The van der Waals surface area contributed by atoms with Gasteiger partial charge in [-0.25, -0.2) is 9.18 Å². The Morgan fingerprint density at radius 1 is 1.57 bits per heavy atom. The number of benzene rings is 1. The molecule has 0 saturated carbocycles. The van der Waals surface area contributed by atoms with Crippen molar-refractivity contribution in [3.8, 4) is 0 Å². The van der Waals surface area contributed by atoms with Crippen LogP contribution in [0.15, 0.2) is 18.2 Å². The summed E-state index contributed by atoms with van der Waals surface area (Å²) in [6, 6.07) is 4.68. The lowest BCUT2D eigenvalue weighted by molar-refractivity contribution is 0.177. The number of amides is 1. The van der Waals surface area contributed by atoms with Gasteiger partial charge in [0.2, 0.25) is 0 Å². The molecule has 1 aromatic rings. The maximum absolute atomic E-state index is 13.2. The summed E-state index contributed by atoms with van der Waals surface area (Å²) in [7, 11) is 0. The second-order valence-electron chi connectivity index (χ2n) is 3.30. The average Bonchev–Trinajstić information content (AvgIpc) is 2.57. The first-order chi connectivity index (χ1) is 6.66. The summed E-state index contributed by atoms with van der Waals surface area (Å²) in [5, 5.41) is 2.59. The highest BCUT2D eigenvalue weighted by atomic mass is 19.1. The van der Waals surface area contributed by atoms with E-state index < -0.39 is 6.09 Å². The third-order valence-electron chi connectivity index (χ3n) is 2.27. The van der Waals surface area contributed by atoms with Crippen LogP contribution < -0.4 is 5.32 Å².